The van der Waals surface area contributed by atoms with Crippen LogP contribution in [-0.2, 0) is 28.7 Å². The molecule has 216 valence electrons. The van der Waals surface area contributed by atoms with Crippen molar-refractivity contribution in [2.75, 3.05) is 6.61 Å². The average molecular weight is 571 g/mol. The molecule has 0 aromatic carbocycles. The van der Waals surface area contributed by atoms with E-state index in [9.17, 15) is 24.3 Å². The number of hydrogen-bond donors (Lipinski definition) is 1. The minimum Gasteiger partial charge on any atom is -0.457 e. The Morgan fingerprint density at radius 2 is 1.87 bits per heavy atom. The molecule has 10 atom stereocenters. The molecule has 0 heterocycles. The summed E-state index contributed by atoms with van der Waals surface area (Å²) < 4.78 is 44.6. The molecular weight excluding hydrogens is 534 g/mol. The smallest absolute Gasteiger partial charge is 0.306 e. The molecule has 3 saturated carbocycles. The highest BCUT2D eigenvalue weighted by Gasteiger charge is 2.79. The highest BCUT2D eigenvalue weighted by Crippen LogP contribution is 2.72. The van der Waals surface area contributed by atoms with Crippen molar-refractivity contribution in [1.29, 1.82) is 0 Å². The third kappa shape index (κ3) is 3.97. The second-order valence-electron chi connectivity index (χ2n) is 12.0. The third-order valence-corrected chi connectivity index (χ3v) is 10.5. The zero-order valence-electron chi connectivity index (χ0n) is 23.0. The summed E-state index contributed by atoms with van der Waals surface area (Å²) >= 11 is 6.68. The van der Waals surface area contributed by atoms with Gasteiger partial charge in [0.2, 0.25) is 5.78 Å². The van der Waals surface area contributed by atoms with Crippen LogP contribution < -0.4 is 0 Å². The van der Waals surface area contributed by atoms with Crippen molar-refractivity contribution in [3.63, 3.8) is 0 Å². The van der Waals surface area contributed by atoms with Crippen molar-refractivity contribution in [2.24, 2.45) is 28.6 Å². The van der Waals surface area contributed by atoms with Gasteiger partial charge in [-0.3, -0.25) is 19.2 Å². The molecule has 0 aromatic rings. The number of fused-ring (bicyclic) bond motifs is 5. The zero-order chi connectivity index (χ0) is 29.1. The predicted molar refractivity (Wildman–Crippen MR) is 138 cm³/mol. The van der Waals surface area contributed by atoms with Crippen LogP contribution in [0.2, 0.25) is 0 Å². The number of aliphatic hydroxyl groups is 1. The summed E-state index contributed by atoms with van der Waals surface area (Å²) in [4.78, 5) is 50.8. The van der Waals surface area contributed by atoms with Crippen molar-refractivity contribution in [3.8, 4) is 0 Å². The number of Topliss-reactive ketones (excluding diaryl/α,β-unsaturated/α-hetero) is 1. The second-order valence-corrected chi connectivity index (χ2v) is 12.5. The van der Waals surface area contributed by atoms with Gasteiger partial charge in [0.05, 0.1) is 11.5 Å². The van der Waals surface area contributed by atoms with Gasteiger partial charge in [-0.15, -0.1) is 11.6 Å². The lowest BCUT2D eigenvalue weighted by Gasteiger charge is -2.64. The predicted octanol–water partition coefficient (Wildman–Crippen LogP) is 4.37. The maximum atomic E-state index is 17.6. The summed E-state index contributed by atoms with van der Waals surface area (Å²) in [5, 5.41) is 10.1. The van der Waals surface area contributed by atoms with Crippen LogP contribution in [0, 0.1) is 28.6 Å². The average Bonchev–Trinajstić information content (AvgIpc) is 3.09. The van der Waals surface area contributed by atoms with Crippen molar-refractivity contribution >= 4 is 35.1 Å². The standard InChI is InChI=1S/C29H37ClF2O7/c1-6-8-22(37)38-14-20(35)29(39-21(36)7-2)15(3)11-17-23-24(30)25(31)18-12-16(33)9-10-26(18,4)28(23,32)19(34)13-27(17,29)5/h9-10,12,15,17,19,23-25,34H,6-8,11,13-14H2,1-5H3/t15-,17-,19-,23+,24-,25-,26-,27-,28+,29+/m0/s1. The fourth-order valence-corrected chi connectivity index (χ4v) is 8.61. The number of aliphatic hydroxyl groups excluding tert-OH is 1. The van der Waals surface area contributed by atoms with Gasteiger partial charge in [0.1, 0.15) is 6.17 Å². The molecule has 0 bridgehead atoms. The third-order valence-electron chi connectivity index (χ3n) is 9.98. The van der Waals surface area contributed by atoms with Crippen molar-refractivity contribution in [3.05, 3.63) is 23.8 Å². The molecule has 0 radical (unpaired) electrons. The Balaban J connectivity index is 1.84. The molecule has 1 N–H and O–H groups in total. The van der Waals surface area contributed by atoms with E-state index in [0.717, 1.165) is 6.08 Å². The fraction of sp³-hybridized carbons (Fsp3) is 0.724. The van der Waals surface area contributed by atoms with E-state index >= 15 is 8.78 Å². The maximum absolute atomic E-state index is 17.6. The first-order valence-electron chi connectivity index (χ1n) is 13.7. The Bertz CT molecular complexity index is 1140. The summed E-state index contributed by atoms with van der Waals surface area (Å²) in [7, 11) is 0. The van der Waals surface area contributed by atoms with Gasteiger partial charge in [-0.25, -0.2) is 8.78 Å². The fourth-order valence-electron chi connectivity index (χ4n) is 8.12. The molecule has 39 heavy (non-hydrogen) atoms. The molecule has 0 aliphatic heterocycles. The van der Waals surface area contributed by atoms with Crippen LogP contribution in [-0.4, -0.2) is 64.1 Å². The topological polar surface area (TPSA) is 107 Å². The van der Waals surface area contributed by atoms with E-state index in [-0.39, 0.29) is 31.3 Å². The van der Waals surface area contributed by atoms with Crippen LogP contribution in [0.15, 0.2) is 23.8 Å². The normalized spacial score (nSPS) is 44.5. The molecular formula is C29H37ClF2O7. The second kappa shape index (κ2) is 10.1. The SMILES string of the molecule is CCCC(=O)OCC(=O)[C@]1(OC(=O)CC)[C@@H](C)C[C@H]2[C@@H]3[C@H](Cl)[C@@H](F)C4=CC(=O)C=C[C@]4(C)[C@@]3(F)[C@@H](O)C[C@@]21C. The number of alkyl halides is 3. The van der Waals surface area contributed by atoms with E-state index in [1.54, 1.807) is 27.7 Å². The van der Waals surface area contributed by atoms with Gasteiger partial charge >= 0.3 is 11.9 Å². The number of ketones is 2. The molecule has 4 aliphatic carbocycles. The molecule has 10 heteroatoms. The summed E-state index contributed by atoms with van der Waals surface area (Å²) in [6.45, 7) is 7.48. The minimum absolute atomic E-state index is 0.0487. The van der Waals surface area contributed by atoms with Gasteiger partial charge in [0.15, 0.2) is 23.7 Å². The molecule has 4 rings (SSSR count). The molecule has 0 aromatic heterocycles. The number of hydrogen-bond acceptors (Lipinski definition) is 7. The lowest BCUT2D eigenvalue weighted by atomic mass is 9.44. The van der Waals surface area contributed by atoms with E-state index in [1.807, 2.05) is 0 Å². The summed E-state index contributed by atoms with van der Waals surface area (Å²) in [5.41, 5.74) is -7.48. The molecule has 0 amide bonds. The van der Waals surface area contributed by atoms with Crippen LogP contribution in [0.25, 0.3) is 0 Å². The molecule has 0 saturated heterocycles. The van der Waals surface area contributed by atoms with Crippen molar-refractivity contribution in [2.45, 2.75) is 95.6 Å². The van der Waals surface area contributed by atoms with Crippen molar-refractivity contribution < 1.29 is 42.5 Å². The van der Waals surface area contributed by atoms with Gasteiger partial charge in [0.25, 0.3) is 0 Å². The van der Waals surface area contributed by atoms with Gasteiger partial charge in [-0.05, 0) is 49.8 Å². The van der Waals surface area contributed by atoms with E-state index in [1.165, 1.54) is 19.1 Å². The molecule has 4 aliphatic rings. The molecule has 3 fully saturated rings. The first-order valence-corrected chi connectivity index (χ1v) is 14.1. The first kappa shape index (κ1) is 29.8. The summed E-state index contributed by atoms with van der Waals surface area (Å²) in [6, 6.07) is 0. The number of ether oxygens (including phenoxy) is 2. The van der Waals surface area contributed by atoms with Crippen LogP contribution in [0.1, 0.15) is 66.7 Å². The minimum atomic E-state index is -2.48. The lowest BCUT2D eigenvalue weighted by Crippen LogP contribution is -2.73. The van der Waals surface area contributed by atoms with Crippen LogP contribution >= 0.6 is 11.6 Å². The Morgan fingerprint density at radius 3 is 2.49 bits per heavy atom. The number of carbonyl (C=O) groups excluding carboxylic acids is 4. The number of carbonyl (C=O) groups is 4. The first-order chi connectivity index (χ1) is 18.1. The highest BCUT2D eigenvalue weighted by molar-refractivity contribution is 6.22. The van der Waals surface area contributed by atoms with Crippen molar-refractivity contribution in [1.82, 2.24) is 0 Å². The lowest BCUT2D eigenvalue weighted by molar-refractivity contribution is -0.231. The van der Waals surface area contributed by atoms with Gasteiger partial charge in [-0.1, -0.05) is 33.8 Å². The monoisotopic (exact) mass is 570 g/mol. The Labute approximate surface area is 232 Å². The van der Waals surface area contributed by atoms with Crippen LogP contribution in [0.5, 0.6) is 0 Å². The summed E-state index contributed by atoms with van der Waals surface area (Å²) in [5.74, 6) is -5.17. The molecule has 7 nitrogen and oxygen atoms in total. The number of halogens is 3. The quantitative estimate of drug-likeness (QED) is 0.358. The maximum Gasteiger partial charge on any atom is 0.306 e. The Hall–Kier alpha value is -2.13. The highest BCUT2D eigenvalue weighted by atomic mass is 35.5. The van der Waals surface area contributed by atoms with Crippen LogP contribution in [0.3, 0.4) is 0 Å². The van der Waals surface area contributed by atoms with E-state index in [0.29, 0.717) is 6.42 Å². The molecule has 0 spiro atoms. The van der Waals surface area contributed by atoms with Crippen LogP contribution in [0.4, 0.5) is 8.78 Å². The zero-order valence-corrected chi connectivity index (χ0v) is 23.7. The number of esters is 2. The van der Waals surface area contributed by atoms with Gasteiger partial charge in [-0.2, -0.15) is 0 Å². The van der Waals surface area contributed by atoms with Gasteiger partial charge in [0, 0.05) is 35.5 Å². The summed E-state index contributed by atoms with van der Waals surface area (Å²) in [6.07, 6.45) is 0.318. The molecule has 0 unspecified atom stereocenters. The number of allylic oxidation sites excluding steroid dienone is 4. The number of rotatable bonds is 7. The van der Waals surface area contributed by atoms with E-state index < -0.39 is 87.6 Å². The largest absolute Gasteiger partial charge is 0.457 e. The Morgan fingerprint density at radius 1 is 1.21 bits per heavy atom. The van der Waals surface area contributed by atoms with E-state index in [2.05, 4.69) is 0 Å². The van der Waals surface area contributed by atoms with Gasteiger partial charge < -0.3 is 14.6 Å². The Kier molecular flexibility index (Phi) is 7.69. The van der Waals surface area contributed by atoms with E-state index in [4.69, 9.17) is 21.1 Å².